The van der Waals surface area contributed by atoms with E-state index in [4.69, 9.17) is 11.6 Å². The molecule has 0 amide bonds. The number of aromatic amines is 1. The average molecular weight is 427 g/mol. The van der Waals surface area contributed by atoms with Crippen molar-refractivity contribution in [2.45, 2.75) is 0 Å². The largest absolute Gasteiger partial charge is 0.361 e. The Balaban J connectivity index is 2.18. The molecule has 0 bridgehead atoms. The van der Waals surface area contributed by atoms with Gasteiger partial charge in [-0.05, 0) is 33.6 Å². The molecule has 0 unspecified atom stereocenters. The molecule has 0 aliphatic carbocycles. The molecule has 0 saturated carbocycles. The minimum Gasteiger partial charge on any atom is -0.361 e. The van der Waals surface area contributed by atoms with Crippen LogP contribution in [0.4, 0.5) is 0 Å². The molecule has 24 heavy (non-hydrogen) atoms. The van der Waals surface area contributed by atoms with Gasteiger partial charge >= 0.3 is 0 Å². The van der Waals surface area contributed by atoms with Crippen LogP contribution in [-0.4, -0.2) is 31.2 Å². The zero-order chi connectivity index (χ0) is 17.5. The molecule has 3 rings (SSSR count). The molecular formula is C17H13BrClNO3S. The third-order valence-corrected chi connectivity index (χ3v) is 5.62. The molecule has 1 N–H and O–H groups in total. The number of halogens is 2. The highest BCUT2D eigenvalue weighted by Crippen LogP contribution is 2.35. The lowest BCUT2D eigenvalue weighted by Gasteiger charge is -2.08. The van der Waals surface area contributed by atoms with E-state index in [-0.39, 0.29) is 0 Å². The molecule has 1 heterocycles. The van der Waals surface area contributed by atoms with Crippen molar-refractivity contribution in [2.24, 2.45) is 0 Å². The highest BCUT2D eigenvalue weighted by molar-refractivity contribution is 9.10. The van der Waals surface area contributed by atoms with Crippen molar-refractivity contribution in [3.05, 3.63) is 57.7 Å². The monoisotopic (exact) mass is 425 g/mol. The number of hydrogen-bond donors (Lipinski definition) is 1. The highest BCUT2D eigenvalue weighted by atomic mass is 79.9. The number of hydrogen-bond acceptors (Lipinski definition) is 3. The average Bonchev–Trinajstić information content (AvgIpc) is 2.88. The first-order valence-corrected chi connectivity index (χ1v) is 10.3. The van der Waals surface area contributed by atoms with Crippen molar-refractivity contribution in [3.8, 4) is 11.1 Å². The molecule has 1 aromatic heterocycles. The van der Waals surface area contributed by atoms with Crippen LogP contribution in [0, 0.1) is 0 Å². The fourth-order valence-corrected chi connectivity index (χ4v) is 3.76. The van der Waals surface area contributed by atoms with Crippen LogP contribution in [0.1, 0.15) is 10.4 Å². The third-order valence-electron chi connectivity index (χ3n) is 3.63. The van der Waals surface area contributed by atoms with Crippen LogP contribution in [-0.2, 0) is 9.84 Å². The number of carbonyl (C=O) groups excluding carboxylic acids is 1. The van der Waals surface area contributed by atoms with Crippen molar-refractivity contribution in [2.75, 3.05) is 12.0 Å². The van der Waals surface area contributed by atoms with E-state index in [2.05, 4.69) is 20.9 Å². The number of benzene rings is 2. The zero-order valence-electron chi connectivity index (χ0n) is 12.6. The van der Waals surface area contributed by atoms with Gasteiger partial charge in [0.1, 0.15) is 5.75 Å². The minimum absolute atomic E-state index is 0.378. The fourth-order valence-electron chi connectivity index (χ4n) is 2.62. The summed E-state index contributed by atoms with van der Waals surface area (Å²) in [6.45, 7) is 0. The lowest BCUT2D eigenvalue weighted by molar-refractivity contribution is 0.102. The molecule has 3 aromatic rings. The van der Waals surface area contributed by atoms with Gasteiger partial charge in [-0.1, -0.05) is 35.9 Å². The molecule has 0 radical (unpaired) electrons. The molecule has 0 aliphatic heterocycles. The highest BCUT2D eigenvalue weighted by Gasteiger charge is 2.19. The molecule has 0 aliphatic rings. The Bertz CT molecular complexity index is 1060. The summed E-state index contributed by atoms with van der Waals surface area (Å²) in [5.74, 6) is -0.941. The summed E-state index contributed by atoms with van der Waals surface area (Å²) in [5, 5.41) is 1.42. The van der Waals surface area contributed by atoms with Crippen LogP contribution >= 0.6 is 27.5 Å². The topological polar surface area (TPSA) is 67.0 Å². The number of fused-ring (bicyclic) bond motifs is 1. The van der Waals surface area contributed by atoms with Crippen molar-refractivity contribution < 1.29 is 13.2 Å². The van der Waals surface area contributed by atoms with Crippen molar-refractivity contribution >= 4 is 54.1 Å². The fraction of sp³-hybridized carbons (Fsp3) is 0.118. The second-order valence-corrected chi connectivity index (χ2v) is 8.95. The van der Waals surface area contributed by atoms with Gasteiger partial charge in [-0.2, -0.15) is 0 Å². The SMILES string of the molecule is CS(=O)(=O)CC(=O)c1ccccc1-c1c[nH]c2cc(Br)c(Cl)cc12. The molecule has 124 valence electrons. The Morgan fingerprint density at radius 2 is 1.92 bits per heavy atom. The number of nitrogens with one attached hydrogen (secondary N) is 1. The zero-order valence-corrected chi connectivity index (χ0v) is 15.8. The predicted molar refractivity (Wildman–Crippen MR) is 100 cm³/mol. The van der Waals surface area contributed by atoms with Gasteiger partial charge in [0.2, 0.25) is 0 Å². The summed E-state index contributed by atoms with van der Waals surface area (Å²) >= 11 is 9.57. The first-order chi connectivity index (χ1) is 11.3. The lowest BCUT2D eigenvalue weighted by atomic mass is 9.97. The third kappa shape index (κ3) is 3.41. The molecular weight excluding hydrogens is 414 g/mol. The molecule has 0 fully saturated rings. The smallest absolute Gasteiger partial charge is 0.178 e. The van der Waals surface area contributed by atoms with Gasteiger partial charge in [-0.25, -0.2) is 8.42 Å². The van der Waals surface area contributed by atoms with Crippen LogP contribution in [0.2, 0.25) is 5.02 Å². The maximum Gasteiger partial charge on any atom is 0.178 e. The van der Waals surface area contributed by atoms with Crippen LogP contribution < -0.4 is 0 Å². The summed E-state index contributed by atoms with van der Waals surface area (Å²) in [4.78, 5) is 15.6. The van der Waals surface area contributed by atoms with Crippen LogP contribution in [0.25, 0.3) is 22.0 Å². The Morgan fingerprint density at radius 3 is 2.62 bits per heavy atom. The number of carbonyl (C=O) groups is 1. The summed E-state index contributed by atoms with van der Waals surface area (Å²) in [5.41, 5.74) is 2.72. The van der Waals surface area contributed by atoms with Crippen molar-refractivity contribution in [1.29, 1.82) is 0 Å². The van der Waals surface area contributed by atoms with Crippen molar-refractivity contribution in [3.63, 3.8) is 0 Å². The van der Waals surface area contributed by atoms with E-state index in [1.807, 2.05) is 18.2 Å². The first-order valence-electron chi connectivity index (χ1n) is 7.03. The van der Waals surface area contributed by atoms with E-state index in [0.717, 1.165) is 27.2 Å². The maximum atomic E-state index is 12.4. The summed E-state index contributed by atoms with van der Waals surface area (Å²) in [6, 6.07) is 10.6. The Morgan fingerprint density at radius 1 is 1.21 bits per heavy atom. The van der Waals surface area contributed by atoms with Gasteiger partial charge in [0.05, 0.1) is 5.02 Å². The normalized spacial score (nSPS) is 11.8. The summed E-state index contributed by atoms with van der Waals surface area (Å²) in [7, 11) is -3.40. The molecule has 4 nitrogen and oxygen atoms in total. The van der Waals surface area contributed by atoms with Gasteiger partial charge in [0.15, 0.2) is 15.6 Å². The number of H-pyrrole nitrogens is 1. The molecule has 2 aromatic carbocycles. The van der Waals surface area contributed by atoms with Gasteiger partial charge in [-0.15, -0.1) is 0 Å². The summed E-state index contributed by atoms with van der Waals surface area (Å²) < 4.78 is 23.7. The Kier molecular flexibility index (Phi) is 4.55. The van der Waals surface area contributed by atoms with Crippen molar-refractivity contribution in [1.82, 2.24) is 4.98 Å². The van der Waals surface area contributed by atoms with E-state index in [1.54, 1.807) is 24.4 Å². The maximum absolute atomic E-state index is 12.4. The molecule has 7 heteroatoms. The van der Waals surface area contributed by atoms with E-state index in [9.17, 15) is 13.2 Å². The number of ketones is 1. The van der Waals surface area contributed by atoms with E-state index < -0.39 is 21.4 Å². The van der Waals surface area contributed by atoms with E-state index >= 15 is 0 Å². The molecule has 0 atom stereocenters. The lowest BCUT2D eigenvalue weighted by Crippen LogP contribution is -2.15. The van der Waals surface area contributed by atoms with Gasteiger partial charge in [-0.3, -0.25) is 4.79 Å². The number of rotatable bonds is 4. The van der Waals surface area contributed by atoms with Crippen LogP contribution in [0.5, 0.6) is 0 Å². The summed E-state index contributed by atoms with van der Waals surface area (Å²) in [6.07, 6.45) is 2.84. The van der Waals surface area contributed by atoms with E-state index in [0.29, 0.717) is 16.1 Å². The van der Waals surface area contributed by atoms with Gasteiger partial charge in [0.25, 0.3) is 0 Å². The van der Waals surface area contributed by atoms with Gasteiger partial charge in [0, 0.05) is 39.0 Å². The van der Waals surface area contributed by atoms with Gasteiger partial charge < -0.3 is 4.98 Å². The molecule has 0 spiro atoms. The number of sulfone groups is 1. The van der Waals surface area contributed by atoms with E-state index in [1.165, 1.54) is 0 Å². The number of aromatic nitrogens is 1. The van der Waals surface area contributed by atoms with Crippen LogP contribution in [0.3, 0.4) is 0 Å². The first kappa shape index (κ1) is 17.2. The quantitative estimate of drug-likeness (QED) is 0.626. The second-order valence-electron chi connectivity index (χ2n) is 5.55. The Hall–Kier alpha value is -1.63. The minimum atomic E-state index is -3.40. The predicted octanol–water partition coefficient (Wildman–Crippen LogP) is 4.48. The Labute approximate surface area is 152 Å². The van der Waals surface area contributed by atoms with Crippen LogP contribution in [0.15, 0.2) is 47.1 Å². The number of Topliss-reactive ketones (excluding diaryl/α,β-unsaturated/α-hetero) is 1. The second kappa shape index (κ2) is 6.35. The molecule has 0 saturated heterocycles. The standard InChI is InChI=1S/C17H13BrClNO3S/c1-24(22,23)9-17(21)11-5-3-2-4-10(11)13-8-20-16-7-14(18)15(19)6-12(13)16/h2-8,20H,9H2,1H3.